The molecule has 1 aromatic rings. The van der Waals surface area contributed by atoms with Crippen molar-refractivity contribution in [3.8, 4) is 0 Å². The molecule has 0 saturated carbocycles. The number of carbonyl (C=O) groups is 1. The molecule has 110 valence electrons. The molecule has 1 fully saturated rings. The predicted octanol–water partition coefficient (Wildman–Crippen LogP) is 3.57. The molecular weight excluding hydrogens is 272 g/mol. The average Bonchev–Trinajstić information content (AvgIpc) is 2.42. The normalized spacial score (nSPS) is 22.6. The molecule has 0 aromatic heterocycles. The van der Waals surface area contributed by atoms with Crippen LogP contribution in [0.3, 0.4) is 0 Å². The summed E-state index contributed by atoms with van der Waals surface area (Å²) in [6.07, 6.45) is 1.91. The van der Waals surface area contributed by atoms with Crippen LogP contribution in [0.1, 0.15) is 25.8 Å². The minimum Gasteiger partial charge on any atom is -0.338 e. The number of hydrogen-bond donors (Lipinski definition) is 1. The highest BCUT2D eigenvalue weighted by molar-refractivity contribution is 6.30. The van der Waals surface area contributed by atoms with Gasteiger partial charge in [-0.25, -0.2) is 4.79 Å². The van der Waals surface area contributed by atoms with Crippen molar-refractivity contribution >= 4 is 17.6 Å². The lowest BCUT2D eigenvalue weighted by molar-refractivity contribution is 0.144. The first-order valence-electron chi connectivity index (χ1n) is 7.33. The van der Waals surface area contributed by atoms with Crippen molar-refractivity contribution in [3.05, 3.63) is 34.9 Å². The largest absolute Gasteiger partial charge is 0.338 e. The standard InChI is InChI=1S/C16H23ClN2O/c1-12-7-9-19(11-13(12)2)16(20)18-8-6-14-4-3-5-15(17)10-14/h3-5,10,12-13H,6-9,11H2,1-2H3,(H,18,20). The zero-order valence-electron chi connectivity index (χ0n) is 12.2. The second-order valence-electron chi connectivity index (χ2n) is 5.80. The maximum atomic E-state index is 12.1. The van der Waals surface area contributed by atoms with E-state index in [1.807, 2.05) is 29.2 Å². The van der Waals surface area contributed by atoms with Crippen molar-refractivity contribution in [2.45, 2.75) is 26.7 Å². The van der Waals surface area contributed by atoms with E-state index in [0.717, 1.165) is 36.5 Å². The molecule has 20 heavy (non-hydrogen) atoms. The van der Waals surface area contributed by atoms with Gasteiger partial charge in [0.2, 0.25) is 0 Å². The summed E-state index contributed by atoms with van der Waals surface area (Å²) in [7, 11) is 0. The van der Waals surface area contributed by atoms with E-state index in [2.05, 4.69) is 19.2 Å². The highest BCUT2D eigenvalue weighted by Gasteiger charge is 2.25. The molecule has 1 heterocycles. The third-order valence-corrected chi connectivity index (χ3v) is 4.44. The van der Waals surface area contributed by atoms with Crippen LogP contribution in [-0.4, -0.2) is 30.6 Å². The van der Waals surface area contributed by atoms with Crippen LogP contribution >= 0.6 is 11.6 Å². The summed E-state index contributed by atoms with van der Waals surface area (Å²) < 4.78 is 0. The quantitative estimate of drug-likeness (QED) is 0.908. The zero-order valence-corrected chi connectivity index (χ0v) is 13.0. The molecule has 2 unspecified atom stereocenters. The third-order valence-electron chi connectivity index (χ3n) is 4.20. The van der Waals surface area contributed by atoms with E-state index < -0.39 is 0 Å². The number of nitrogens with zero attached hydrogens (tertiary/aromatic N) is 1. The Hall–Kier alpha value is -1.22. The van der Waals surface area contributed by atoms with Crippen LogP contribution in [0.25, 0.3) is 0 Å². The van der Waals surface area contributed by atoms with Crippen LogP contribution in [-0.2, 0) is 6.42 Å². The fourth-order valence-corrected chi connectivity index (χ4v) is 2.78. The van der Waals surface area contributed by atoms with E-state index in [1.54, 1.807) is 0 Å². The van der Waals surface area contributed by atoms with Crippen molar-refractivity contribution in [1.29, 1.82) is 0 Å². The minimum absolute atomic E-state index is 0.0609. The maximum Gasteiger partial charge on any atom is 0.317 e. The Morgan fingerprint density at radius 1 is 1.40 bits per heavy atom. The van der Waals surface area contributed by atoms with E-state index in [9.17, 15) is 4.79 Å². The smallest absolute Gasteiger partial charge is 0.317 e. The summed E-state index contributed by atoms with van der Waals surface area (Å²) in [6, 6.07) is 7.83. The summed E-state index contributed by atoms with van der Waals surface area (Å²) in [4.78, 5) is 14.0. The number of amides is 2. The van der Waals surface area contributed by atoms with Crippen LogP contribution in [0.2, 0.25) is 5.02 Å². The molecule has 4 heteroatoms. The number of benzene rings is 1. The number of urea groups is 1. The molecule has 1 saturated heterocycles. The van der Waals surface area contributed by atoms with Crippen LogP contribution in [0, 0.1) is 11.8 Å². The van der Waals surface area contributed by atoms with Crippen LogP contribution in [0.5, 0.6) is 0 Å². The molecular formula is C16H23ClN2O. The maximum absolute atomic E-state index is 12.1. The predicted molar refractivity (Wildman–Crippen MR) is 83.1 cm³/mol. The molecule has 0 aliphatic carbocycles. The molecule has 1 aromatic carbocycles. The summed E-state index contributed by atoms with van der Waals surface area (Å²) in [6.45, 7) is 6.87. The lowest BCUT2D eigenvalue weighted by Gasteiger charge is -2.35. The van der Waals surface area contributed by atoms with E-state index >= 15 is 0 Å². The fraction of sp³-hybridized carbons (Fsp3) is 0.562. The fourth-order valence-electron chi connectivity index (χ4n) is 2.57. The first kappa shape index (κ1) is 15.2. The minimum atomic E-state index is 0.0609. The Bertz CT molecular complexity index is 464. The van der Waals surface area contributed by atoms with Crippen molar-refractivity contribution in [2.24, 2.45) is 11.8 Å². The molecule has 0 bridgehead atoms. The third kappa shape index (κ3) is 4.14. The molecule has 1 N–H and O–H groups in total. The number of piperidine rings is 1. The molecule has 0 radical (unpaired) electrons. The van der Waals surface area contributed by atoms with Crippen molar-refractivity contribution in [1.82, 2.24) is 10.2 Å². The molecule has 2 amide bonds. The van der Waals surface area contributed by atoms with E-state index in [-0.39, 0.29) is 6.03 Å². The number of likely N-dealkylation sites (tertiary alicyclic amines) is 1. The van der Waals surface area contributed by atoms with Gasteiger partial charge in [0, 0.05) is 24.7 Å². The van der Waals surface area contributed by atoms with Gasteiger partial charge < -0.3 is 10.2 Å². The SMILES string of the molecule is CC1CCN(C(=O)NCCc2cccc(Cl)c2)CC1C. The summed E-state index contributed by atoms with van der Waals surface area (Å²) >= 11 is 5.94. The van der Waals surface area contributed by atoms with Gasteiger partial charge in [0.1, 0.15) is 0 Å². The Labute approximate surface area is 126 Å². The zero-order chi connectivity index (χ0) is 14.5. The van der Waals surface area contributed by atoms with Crippen molar-refractivity contribution in [3.63, 3.8) is 0 Å². The highest BCUT2D eigenvalue weighted by Crippen LogP contribution is 2.22. The monoisotopic (exact) mass is 294 g/mol. The highest BCUT2D eigenvalue weighted by atomic mass is 35.5. The van der Waals surface area contributed by atoms with Crippen molar-refractivity contribution in [2.75, 3.05) is 19.6 Å². The van der Waals surface area contributed by atoms with Gasteiger partial charge in [-0.15, -0.1) is 0 Å². The second kappa shape index (κ2) is 6.98. The Morgan fingerprint density at radius 3 is 2.90 bits per heavy atom. The van der Waals surface area contributed by atoms with E-state index in [0.29, 0.717) is 18.4 Å². The second-order valence-corrected chi connectivity index (χ2v) is 6.24. The molecule has 2 atom stereocenters. The Kier molecular flexibility index (Phi) is 5.30. The van der Waals surface area contributed by atoms with Gasteiger partial charge in [0.25, 0.3) is 0 Å². The van der Waals surface area contributed by atoms with Gasteiger partial charge in [-0.2, -0.15) is 0 Å². The summed E-state index contributed by atoms with van der Waals surface area (Å²) in [5.74, 6) is 1.30. The molecule has 2 rings (SSSR count). The molecule has 1 aliphatic heterocycles. The summed E-state index contributed by atoms with van der Waals surface area (Å²) in [5, 5.41) is 3.74. The van der Waals surface area contributed by atoms with Gasteiger partial charge >= 0.3 is 6.03 Å². The summed E-state index contributed by atoms with van der Waals surface area (Å²) in [5.41, 5.74) is 1.15. The average molecular weight is 295 g/mol. The molecule has 0 spiro atoms. The number of halogens is 1. The van der Waals surface area contributed by atoms with Gasteiger partial charge in [-0.3, -0.25) is 0 Å². The van der Waals surface area contributed by atoms with Gasteiger partial charge in [-0.05, 0) is 42.4 Å². The van der Waals surface area contributed by atoms with Crippen LogP contribution < -0.4 is 5.32 Å². The Balaban J connectivity index is 1.75. The first-order valence-corrected chi connectivity index (χ1v) is 7.71. The van der Waals surface area contributed by atoms with Crippen molar-refractivity contribution < 1.29 is 4.79 Å². The van der Waals surface area contributed by atoms with Gasteiger partial charge in [0.05, 0.1) is 0 Å². The topological polar surface area (TPSA) is 32.3 Å². The Morgan fingerprint density at radius 2 is 2.20 bits per heavy atom. The lowest BCUT2D eigenvalue weighted by atomic mass is 9.89. The van der Waals surface area contributed by atoms with Crippen LogP contribution in [0.15, 0.2) is 24.3 Å². The number of carbonyl (C=O) groups excluding carboxylic acids is 1. The number of nitrogens with one attached hydrogen (secondary N) is 1. The van der Waals surface area contributed by atoms with Gasteiger partial charge in [0.15, 0.2) is 0 Å². The number of rotatable bonds is 3. The molecule has 3 nitrogen and oxygen atoms in total. The molecule has 1 aliphatic rings. The number of hydrogen-bond acceptors (Lipinski definition) is 1. The van der Waals surface area contributed by atoms with E-state index in [4.69, 9.17) is 11.6 Å². The van der Waals surface area contributed by atoms with E-state index in [1.165, 1.54) is 0 Å². The van der Waals surface area contributed by atoms with Crippen LogP contribution in [0.4, 0.5) is 4.79 Å². The lowest BCUT2D eigenvalue weighted by Crippen LogP contribution is -2.47. The van der Waals surface area contributed by atoms with Gasteiger partial charge in [-0.1, -0.05) is 37.6 Å². The first-order chi connectivity index (χ1) is 9.56.